The molecule has 2 aromatic heterocycles. The molecular formula is C36H36N2NiO12. The monoisotopic (exact) mass is 746 g/mol. The maximum Gasteiger partial charge on any atom is 2.00 e. The zero-order valence-electron chi connectivity index (χ0n) is 28.4. The van der Waals surface area contributed by atoms with Gasteiger partial charge in [-0.3, -0.25) is 19.2 Å². The van der Waals surface area contributed by atoms with Crippen LogP contribution in [-0.2, 0) is 26.1 Å². The number of rotatable bonds is 8. The van der Waals surface area contributed by atoms with E-state index in [4.69, 9.17) is 19.0 Å². The van der Waals surface area contributed by atoms with E-state index in [0.717, 1.165) is 37.1 Å². The van der Waals surface area contributed by atoms with Crippen molar-refractivity contribution in [3.63, 3.8) is 0 Å². The Labute approximate surface area is 303 Å². The van der Waals surface area contributed by atoms with Crippen molar-refractivity contribution in [2.75, 3.05) is 28.2 Å². The Morgan fingerprint density at radius 2 is 0.902 bits per heavy atom. The molecule has 0 spiro atoms. The van der Waals surface area contributed by atoms with E-state index < -0.39 is 45.4 Å². The molecule has 0 aliphatic rings. The Kier molecular flexibility index (Phi) is 19.7. The number of phenolic OH excluding ortho intramolecular Hbond substituents is 2. The fourth-order valence-corrected chi connectivity index (χ4v) is 3.29. The number of amides is 2. The summed E-state index contributed by atoms with van der Waals surface area (Å²) in [5.41, 5.74) is -1.58. The van der Waals surface area contributed by atoms with Crippen LogP contribution < -0.4 is 21.5 Å². The third-order valence-electron chi connectivity index (χ3n) is 5.63. The molecule has 0 bridgehead atoms. The molecule has 2 aromatic carbocycles. The van der Waals surface area contributed by atoms with Crippen molar-refractivity contribution >= 4 is 36.5 Å². The van der Waals surface area contributed by atoms with Crippen molar-refractivity contribution in [2.45, 2.75) is 13.8 Å². The first-order valence-corrected chi connectivity index (χ1v) is 14.4. The molecule has 2 amide bonds. The predicted molar refractivity (Wildman–Crippen MR) is 181 cm³/mol. The summed E-state index contributed by atoms with van der Waals surface area (Å²) in [4.78, 5) is 68.4. The van der Waals surface area contributed by atoms with Crippen LogP contribution in [0, 0.1) is 13.8 Å². The SMILES string of the molecule is CN(C)C=O.CN(C)C=O.Cc1cc([O-])c(C(=O)/C=C/c2ccc(O)cc2)c(=O)o1.Cc1cc([O-])c(C(=O)/C=C/c2ccc(O)cc2)c(=O)o1.[Ni+2]. The molecule has 4 rings (SSSR count). The first-order chi connectivity index (χ1) is 23.5. The number of benzene rings is 2. The summed E-state index contributed by atoms with van der Waals surface area (Å²) in [5, 5.41) is 41.5. The molecular weight excluding hydrogens is 711 g/mol. The van der Waals surface area contributed by atoms with Crippen molar-refractivity contribution in [2.24, 2.45) is 0 Å². The van der Waals surface area contributed by atoms with E-state index in [2.05, 4.69) is 0 Å². The number of ketones is 2. The summed E-state index contributed by atoms with van der Waals surface area (Å²) in [5.74, 6) is -2.19. The zero-order valence-corrected chi connectivity index (χ0v) is 29.4. The maximum absolute atomic E-state index is 11.8. The van der Waals surface area contributed by atoms with Gasteiger partial charge in [0.05, 0.1) is 11.1 Å². The van der Waals surface area contributed by atoms with Crippen LogP contribution in [0.2, 0.25) is 0 Å². The Morgan fingerprint density at radius 3 is 1.14 bits per heavy atom. The predicted octanol–water partition coefficient (Wildman–Crippen LogP) is 2.65. The fraction of sp³-hybridized carbons (Fsp3) is 0.167. The third-order valence-corrected chi connectivity index (χ3v) is 5.63. The van der Waals surface area contributed by atoms with Crippen LogP contribution >= 0.6 is 0 Å². The molecule has 0 fully saturated rings. The fourth-order valence-electron chi connectivity index (χ4n) is 3.29. The Balaban J connectivity index is 0.000000764. The van der Waals surface area contributed by atoms with Crippen molar-refractivity contribution in [3.05, 3.63) is 127 Å². The van der Waals surface area contributed by atoms with Crippen LogP contribution in [0.5, 0.6) is 23.0 Å². The first-order valence-electron chi connectivity index (χ1n) is 14.4. The number of hydrogen-bond acceptors (Lipinski definition) is 12. The van der Waals surface area contributed by atoms with Gasteiger partial charge in [-0.1, -0.05) is 47.9 Å². The van der Waals surface area contributed by atoms with Crippen molar-refractivity contribution in [1.82, 2.24) is 9.80 Å². The van der Waals surface area contributed by atoms with Crippen molar-refractivity contribution in [3.8, 4) is 23.0 Å². The number of hydrogen-bond donors (Lipinski definition) is 2. The van der Waals surface area contributed by atoms with E-state index >= 15 is 0 Å². The molecule has 0 aliphatic carbocycles. The number of allylic oxidation sites excluding steroid dienone is 2. The van der Waals surface area contributed by atoms with Gasteiger partial charge in [0.25, 0.3) is 0 Å². The average molecular weight is 747 g/mol. The molecule has 4 aromatic rings. The second-order valence-corrected chi connectivity index (χ2v) is 10.5. The molecule has 0 saturated carbocycles. The summed E-state index contributed by atoms with van der Waals surface area (Å²) in [6.07, 6.45) is 6.63. The summed E-state index contributed by atoms with van der Waals surface area (Å²) >= 11 is 0. The first kappa shape index (κ1) is 44.8. The van der Waals surface area contributed by atoms with Gasteiger partial charge in [0.2, 0.25) is 12.8 Å². The second kappa shape index (κ2) is 22.4. The number of carbonyl (C=O) groups is 4. The molecule has 272 valence electrons. The van der Waals surface area contributed by atoms with Crippen LogP contribution in [0.4, 0.5) is 0 Å². The number of nitrogens with zero attached hydrogens (tertiary/aromatic N) is 2. The van der Waals surface area contributed by atoms with E-state index in [-0.39, 0.29) is 39.5 Å². The Morgan fingerprint density at radius 1 is 0.627 bits per heavy atom. The van der Waals surface area contributed by atoms with Crippen LogP contribution in [0.3, 0.4) is 0 Å². The van der Waals surface area contributed by atoms with Crippen molar-refractivity contribution in [1.29, 1.82) is 0 Å². The van der Waals surface area contributed by atoms with Gasteiger partial charge in [-0.15, -0.1) is 0 Å². The minimum Gasteiger partial charge on any atom is -0.872 e. The third kappa shape index (κ3) is 16.6. The molecule has 2 N–H and O–H groups in total. The molecule has 0 aliphatic heterocycles. The van der Waals surface area contributed by atoms with Crippen LogP contribution in [0.1, 0.15) is 43.4 Å². The molecule has 0 saturated heterocycles. The van der Waals surface area contributed by atoms with Gasteiger partial charge in [-0.25, -0.2) is 9.59 Å². The molecule has 14 nitrogen and oxygen atoms in total. The number of carbonyl (C=O) groups excluding carboxylic acids is 4. The summed E-state index contributed by atoms with van der Waals surface area (Å²) in [6, 6.07) is 14.4. The van der Waals surface area contributed by atoms with Gasteiger partial charge in [0.1, 0.15) is 23.0 Å². The van der Waals surface area contributed by atoms with Crippen LogP contribution in [0.15, 0.2) is 91.2 Å². The molecule has 0 atom stereocenters. The van der Waals surface area contributed by atoms with Crippen molar-refractivity contribution < 1.29 is 64.9 Å². The largest absolute Gasteiger partial charge is 2.00 e. The average Bonchev–Trinajstić information content (AvgIpc) is 3.04. The maximum atomic E-state index is 11.8. The number of phenols is 2. The molecule has 2 heterocycles. The smallest absolute Gasteiger partial charge is 0.872 e. The second-order valence-electron chi connectivity index (χ2n) is 10.5. The minimum absolute atomic E-state index is 0. The molecule has 15 heteroatoms. The number of aromatic hydroxyl groups is 2. The standard InChI is InChI=1S/2C15H12O5.2C3H7NO.Ni/c2*1-9-8-13(18)14(15(19)20-9)12(17)7-4-10-2-5-11(16)6-3-10;2*1-4(2)3-5;/h2*2-8,16,18H,1H3;2*3H,1-2H3;/q;;;;+2/p-2/b2*7-4+;;;. The Bertz CT molecular complexity index is 1790. The zero-order chi connectivity index (χ0) is 38.0. The quantitative estimate of drug-likeness (QED) is 0.115. The molecule has 51 heavy (non-hydrogen) atoms. The topological polar surface area (TPSA) is 222 Å². The van der Waals surface area contributed by atoms with E-state index in [1.54, 1.807) is 52.5 Å². The van der Waals surface area contributed by atoms with Gasteiger partial charge in [-0.2, -0.15) is 0 Å². The van der Waals surface area contributed by atoms with E-state index in [1.807, 2.05) is 0 Å². The van der Waals surface area contributed by atoms with E-state index in [1.165, 1.54) is 60.1 Å². The molecule has 0 unspecified atom stereocenters. The normalized spacial score (nSPS) is 9.84. The van der Waals surface area contributed by atoms with Gasteiger partial charge in [0.15, 0.2) is 11.6 Å². The summed E-state index contributed by atoms with van der Waals surface area (Å²) in [6.45, 7) is 2.92. The Hall–Kier alpha value is -6.21. The van der Waals surface area contributed by atoms with Gasteiger partial charge < -0.3 is 39.1 Å². The van der Waals surface area contributed by atoms with E-state index in [9.17, 15) is 39.0 Å². The summed E-state index contributed by atoms with van der Waals surface area (Å²) in [7, 11) is 6.75. The minimum atomic E-state index is -0.935. The van der Waals surface area contributed by atoms with Crippen LogP contribution in [-0.4, -0.2) is 72.6 Å². The summed E-state index contributed by atoms with van der Waals surface area (Å²) < 4.78 is 9.47. The van der Waals surface area contributed by atoms with E-state index in [0.29, 0.717) is 11.1 Å². The van der Waals surface area contributed by atoms with Crippen LogP contribution in [0.25, 0.3) is 12.2 Å². The van der Waals surface area contributed by atoms with Gasteiger partial charge in [-0.05, 0) is 73.5 Å². The van der Waals surface area contributed by atoms with Gasteiger partial charge in [0, 0.05) is 28.2 Å². The number of aryl methyl sites for hydroxylation is 2. The van der Waals surface area contributed by atoms with Gasteiger partial charge >= 0.3 is 27.7 Å². The molecule has 0 radical (unpaired) electrons.